The van der Waals surface area contributed by atoms with Gasteiger partial charge in [-0.25, -0.2) is 0 Å². The Morgan fingerprint density at radius 2 is 1.86 bits per heavy atom. The van der Waals surface area contributed by atoms with Crippen LogP contribution >= 0.6 is 0 Å². The molecule has 160 valence electrons. The molecule has 29 heavy (non-hydrogen) atoms. The van der Waals surface area contributed by atoms with E-state index in [-0.39, 0.29) is 36.2 Å². The number of halogens is 3. The first-order chi connectivity index (χ1) is 13.8. The number of piperidine rings is 1. The minimum atomic E-state index is -4.40. The van der Waals surface area contributed by atoms with Crippen molar-refractivity contribution in [3.8, 4) is 0 Å². The lowest BCUT2D eigenvalue weighted by molar-refractivity contribution is -0.137. The topological polar surface area (TPSA) is 49.8 Å². The lowest BCUT2D eigenvalue weighted by atomic mass is 9.85. The Balaban J connectivity index is 1.50. The van der Waals surface area contributed by atoms with Crippen molar-refractivity contribution in [1.82, 2.24) is 4.90 Å². The second-order valence-electron chi connectivity index (χ2n) is 8.66. The van der Waals surface area contributed by atoms with Crippen LogP contribution in [0.3, 0.4) is 0 Å². The van der Waals surface area contributed by atoms with E-state index in [1.807, 2.05) is 0 Å². The molecular formula is C22H28F3NO3. The molecule has 1 saturated carbocycles. The van der Waals surface area contributed by atoms with Crippen LogP contribution < -0.4 is 0 Å². The number of likely N-dealkylation sites (tertiary alicyclic amines) is 1. The minimum absolute atomic E-state index is 0.0286. The number of nitrogens with zero attached hydrogens (tertiary/aromatic N) is 1. The highest BCUT2D eigenvalue weighted by Crippen LogP contribution is 2.44. The van der Waals surface area contributed by atoms with Crippen LogP contribution in [-0.4, -0.2) is 54.2 Å². The number of ether oxygens (including phenoxy) is 1. The van der Waals surface area contributed by atoms with E-state index in [9.17, 15) is 23.1 Å². The number of benzene rings is 1. The molecule has 1 aliphatic carbocycles. The van der Waals surface area contributed by atoms with E-state index in [0.717, 1.165) is 51.3 Å². The molecule has 7 heteroatoms. The molecule has 4 nitrogen and oxygen atoms in total. The molecule has 2 heterocycles. The summed E-state index contributed by atoms with van der Waals surface area (Å²) in [6.45, 7) is 2.77. The van der Waals surface area contributed by atoms with Crippen LogP contribution in [0, 0.1) is 5.92 Å². The van der Waals surface area contributed by atoms with Crippen LogP contribution in [0.25, 0.3) is 0 Å². The third kappa shape index (κ3) is 4.84. The van der Waals surface area contributed by atoms with Crippen molar-refractivity contribution in [2.45, 2.75) is 62.8 Å². The highest BCUT2D eigenvalue weighted by Gasteiger charge is 2.37. The standard InChI is InChI=1S/C22H28F3NO3/c23-22(24,25)16-3-4-18(19(12-16)14-1-2-14)21(28)11-15-13-29-10-7-20(15)26-8-5-17(27)6-9-26/h3-4,12,14-15,17,20,27H,1-2,5-11,13H2/t15-,20-/m1/s1. The highest BCUT2D eigenvalue weighted by atomic mass is 19.4. The van der Waals surface area contributed by atoms with Gasteiger partial charge >= 0.3 is 6.18 Å². The van der Waals surface area contributed by atoms with Gasteiger partial charge in [0.25, 0.3) is 0 Å². The average Bonchev–Trinajstić information content (AvgIpc) is 3.53. The summed E-state index contributed by atoms with van der Waals surface area (Å²) >= 11 is 0. The zero-order valence-corrected chi connectivity index (χ0v) is 16.5. The molecule has 1 N–H and O–H groups in total. The number of rotatable bonds is 5. The molecule has 0 amide bonds. The smallest absolute Gasteiger partial charge is 0.393 e. The molecule has 2 atom stereocenters. The first kappa shape index (κ1) is 20.8. The van der Waals surface area contributed by atoms with Gasteiger partial charge in [0.2, 0.25) is 0 Å². The summed E-state index contributed by atoms with van der Waals surface area (Å²) in [5.41, 5.74) is 0.319. The largest absolute Gasteiger partial charge is 0.416 e. The molecule has 1 aromatic rings. The molecule has 1 aromatic carbocycles. The van der Waals surface area contributed by atoms with Crippen LogP contribution in [0.4, 0.5) is 13.2 Å². The van der Waals surface area contributed by atoms with Gasteiger partial charge in [-0.15, -0.1) is 0 Å². The normalized spacial score (nSPS) is 27.2. The Hall–Kier alpha value is -1.44. The van der Waals surface area contributed by atoms with Crippen LogP contribution in [0.2, 0.25) is 0 Å². The second-order valence-corrected chi connectivity index (χ2v) is 8.66. The molecule has 2 saturated heterocycles. The van der Waals surface area contributed by atoms with E-state index in [1.54, 1.807) is 0 Å². The zero-order valence-electron chi connectivity index (χ0n) is 16.5. The number of carbonyl (C=O) groups excluding carboxylic acids is 1. The molecule has 0 bridgehead atoms. The number of ketones is 1. The van der Waals surface area contributed by atoms with Gasteiger partial charge in [0.15, 0.2) is 5.78 Å². The van der Waals surface area contributed by atoms with Gasteiger partial charge in [0, 0.05) is 43.6 Å². The summed E-state index contributed by atoms with van der Waals surface area (Å²) in [5.74, 6) is 0.0113. The Labute approximate surface area is 169 Å². The SMILES string of the molecule is O=C(C[C@@H]1COCC[C@H]1N1CCC(O)CC1)c1ccc(C(F)(F)F)cc1C1CC1. The van der Waals surface area contributed by atoms with Crippen molar-refractivity contribution in [3.05, 3.63) is 34.9 Å². The lowest BCUT2D eigenvalue weighted by Gasteiger charge is -2.42. The van der Waals surface area contributed by atoms with Crippen molar-refractivity contribution >= 4 is 5.78 Å². The van der Waals surface area contributed by atoms with E-state index >= 15 is 0 Å². The lowest BCUT2D eigenvalue weighted by Crippen LogP contribution is -2.50. The number of alkyl halides is 3. The van der Waals surface area contributed by atoms with Gasteiger partial charge < -0.3 is 9.84 Å². The summed E-state index contributed by atoms with van der Waals surface area (Å²) in [4.78, 5) is 15.5. The maximum atomic E-state index is 13.1. The molecule has 2 aliphatic heterocycles. The summed E-state index contributed by atoms with van der Waals surface area (Å²) in [6, 6.07) is 3.79. The first-order valence-electron chi connectivity index (χ1n) is 10.6. The van der Waals surface area contributed by atoms with E-state index in [4.69, 9.17) is 4.74 Å². The number of hydrogen-bond donors (Lipinski definition) is 1. The molecule has 0 spiro atoms. The maximum absolute atomic E-state index is 13.1. The van der Waals surface area contributed by atoms with E-state index in [1.165, 1.54) is 12.1 Å². The summed E-state index contributed by atoms with van der Waals surface area (Å²) in [7, 11) is 0. The van der Waals surface area contributed by atoms with Gasteiger partial charge in [-0.3, -0.25) is 9.69 Å². The molecule has 4 rings (SSSR count). The quantitative estimate of drug-likeness (QED) is 0.744. The van der Waals surface area contributed by atoms with Gasteiger partial charge in [0.1, 0.15) is 0 Å². The molecule has 0 radical (unpaired) electrons. The van der Waals surface area contributed by atoms with Gasteiger partial charge in [-0.05, 0) is 55.7 Å². The van der Waals surface area contributed by atoms with Crippen molar-refractivity contribution in [1.29, 1.82) is 0 Å². The summed E-state index contributed by atoms with van der Waals surface area (Å²) < 4.78 is 45.0. The zero-order chi connectivity index (χ0) is 20.6. The van der Waals surface area contributed by atoms with Crippen LogP contribution in [-0.2, 0) is 10.9 Å². The fourth-order valence-corrected chi connectivity index (χ4v) is 4.75. The summed E-state index contributed by atoms with van der Waals surface area (Å²) in [5, 5.41) is 9.77. The fourth-order valence-electron chi connectivity index (χ4n) is 4.75. The Kier molecular flexibility index (Phi) is 6.00. The van der Waals surface area contributed by atoms with E-state index < -0.39 is 11.7 Å². The average molecular weight is 411 g/mol. The van der Waals surface area contributed by atoms with Crippen molar-refractivity contribution < 1.29 is 27.8 Å². The predicted octanol–water partition coefficient (Wildman–Crippen LogP) is 4.02. The molecular weight excluding hydrogens is 383 g/mol. The Morgan fingerprint density at radius 3 is 2.52 bits per heavy atom. The fraction of sp³-hybridized carbons (Fsp3) is 0.682. The first-order valence-corrected chi connectivity index (χ1v) is 10.6. The van der Waals surface area contributed by atoms with Gasteiger partial charge in [0.05, 0.1) is 18.3 Å². The highest BCUT2D eigenvalue weighted by molar-refractivity contribution is 5.98. The van der Waals surface area contributed by atoms with Gasteiger partial charge in [-0.2, -0.15) is 13.2 Å². The maximum Gasteiger partial charge on any atom is 0.416 e. The van der Waals surface area contributed by atoms with Crippen molar-refractivity contribution in [2.75, 3.05) is 26.3 Å². The van der Waals surface area contributed by atoms with Crippen LogP contribution in [0.15, 0.2) is 18.2 Å². The number of Topliss-reactive ketones (excluding diaryl/α,β-unsaturated/α-hetero) is 1. The van der Waals surface area contributed by atoms with Gasteiger partial charge in [-0.1, -0.05) is 6.07 Å². The van der Waals surface area contributed by atoms with Crippen molar-refractivity contribution in [2.24, 2.45) is 5.92 Å². The third-order valence-electron chi connectivity index (χ3n) is 6.55. The van der Waals surface area contributed by atoms with E-state index in [2.05, 4.69) is 4.90 Å². The Morgan fingerprint density at radius 1 is 1.14 bits per heavy atom. The van der Waals surface area contributed by atoms with Crippen molar-refractivity contribution in [3.63, 3.8) is 0 Å². The molecule has 3 fully saturated rings. The second kappa shape index (κ2) is 8.36. The third-order valence-corrected chi connectivity index (χ3v) is 6.55. The number of hydrogen-bond acceptors (Lipinski definition) is 4. The molecule has 3 aliphatic rings. The molecule has 0 unspecified atom stereocenters. The predicted molar refractivity (Wildman–Crippen MR) is 102 cm³/mol. The summed E-state index contributed by atoms with van der Waals surface area (Å²) in [6.07, 6.45) is -0.359. The Bertz CT molecular complexity index is 739. The minimum Gasteiger partial charge on any atom is -0.393 e. The number of aliphatic hydroxyl groups is 1. The van der Waals surface area contributed by atoms with E-state index in [0.29, 0.717) is 24.3 Å². The molecule has 0 aromatic heterocycles. The van der Waals surface area contributed by atoms with Crippen LogP contribution in [0.1, 0.15) is 65.9 Å². The number of aliphatic hydroxyl groups excluding tert-OH is 1. The van der Waals surface area contributed by atoms with Crippen LogP contribution in [0.5, 0.6) is 0 Å². The monoisotopic (exact) mass is 411 g/mol. The number of carbonyl (C=O) groups is 1.